The molecule has 2 nitrogen and oxygen atoms in total. The Balaban J connectivity index is 0.00000361. The van der Waals surface area contributed by atoms with Crippen molar-refractivity contribution in [2.45, 2.75) is 59.3 Å². The fourth-order valence-electron chi connectivity index (χ4n) is 2.56. The van der Waals surface area contributed by atoms with E-state index in [1.807, 2.05) is 0 Å². The SMILES string of the molecule is CCCN(CCC)CCCCCc1ccc(C)cc1.O. The summed E-state index contributed by atoms with van der Waals surface area (Å²) in [6, 6.07) is 8.99. The van der Waals surface area contributed by atoms with E-state index in [4.69, 9.17) is 0 Å². The first-order chi connectivity index (χ1) is 9.26. The van der Waals surface area contributed by atoms with Gasteiger partial charge < -0.3 is 10.4 Å². The van der Waals surface area contributed by atoms with Crippen molar-refractivity contribution in [3.05, 3.63) is 35.4 Å². The predicted octanol–water partition coefficient (Wildman–Crippen LogP) is 4.01. The van der Waals surface area contributed by atoms with E-state index in [0.29, 0.717) is 0 Å². The van der Waals surface area contributed by atoms with E-state index in [0.717, 1.165) is 0 Å². The van der Waals surface area contributed by atoms with Crippen LogP contribution in [0.5, 0.6) is 0 Å². The highest BCUT2D eigenvalue weighted by Crippen LogP contribution is 2.09. The highest BCUT2D eigenvalue weighted by Gasteiger charge is 2.01. The van der Waals surface area contributed by atoms with Crippen LogP contribution in [-0.2, 0) is 6.42 Å². The molecule has 0 heterocycles. The summed E-state index contributed by atoms with van der Waals surface area (Å²) in [6.07, 6.45) is 7.84. The van der Waals surface area contributed by atoms with E-state index in [2.05, 4.69) is 49.9 Å². The second kappa shape index (κ2) is 11.9. The predicted molar refractivity (Wildman–Crippen MR) is 89.4 cm³/mol. The molecule has 0 saturated carbocycles. The van der Waals surface area contributed by atoms with Crippen molar-refractivity contribution in [3.8, 4) is 0 Å². The van der Waals surface area contributed by atoms with E-state index < -0.39 is 0 Å². The van der Waals surface area contributed by atoms with Crippen molar-refractivity contribution < 1.29 is 5.48 Å². The number of hydrogen-bond acceptors (Lipinski definition) is 1. The second-order valence-corrected chi connectivity index (χ2v) is 5.64. The summed E-state index contributed by atoms with van der Waals surface area (Å²) in [5, 5.41) is 0. The molecule has 1 aromatic rings. The number of rotatable bonds is 10. The molecule has 20 heavy (non-hydrogen) atoms. The minimum Gasteiger partial charge on any atom is -0.412 e. The van der Waals surface area contributed by atoms with Crippen molar-refractivity contribution in [1.29, 1.82) is 0 Å². The Bertz CT molecular complexity index is 315. The van der Waals surface area contributed by atoms with Gasteiger partial charge in [0.15, 0.2) is 0 Å². The molecule has 0 atom stereocenters. The highest BCUT2D eigenvalue weighted by molar-refractivity contribution is 5.21. The molecule has 1 rings (SSSR count). The van der Waals surface area contributed by atoms with E-state index in [-0.39, 0.29) is 5.48 Å². The third-order valence-electron chi connectivity index (χ3n) is 3.64. The average Bonchev–Trinajstić information content (AvgIpc) is 2.41. The molecule has 0 spiro atoms. The molecule has 1 aromatic carbocycles. The Morgan fingerprint density at radius 3 is 1.95 bits per heavy atom. The lowest BCUT2D eigenvalue weighted by molar-refractivity contribution is 0.268. The number of benzene rings is 1. The van der Waals surface area contributed by atoms with Crippen molar-refractivity contribution in [3.63, 3.8) is 0 Å². The van der Waals surface area contributed by atoms with E-state index in [1.54, 1.807) is 0 Å². The number of hydrogen-bond donors (Lipinski definition) is 0. The fraction of sp³-hybridized carbons (Fsp3) is 0.667. The first-order valence-electron chi connectivity index (χ1n) is 8.04. The normalized spacial score (nSPS) is 10.6. The molecule has 0 radical (unpaired) electrons. The molecule has 0 amide bonds. The third kappa shape index (κ3) is 8.34. The molecular formula is C18H33NO. The lowest BCUT2D eigenvalue weighted by Gasteiger charge is -2.20. The Morgan fingerprint density at radius 2 is 1.40 bits per heavy atom. The van der Waals surface area contributed by atoms with E-state index in [1.165, 1.54) is 69.3 Å². The maximum Gasteiger partial charge on any atom is -0.00187 e. The molecule has 0 saturated heterocycles. The van der Waals surface area contributed by atoms with Crippen LogP contribution < -0.4 is 0 Å². The van der Waals surface area contributed by atoms with Crippen LogP contribution in [0.4, 0.5) is 0 Å². The Labute approximate surface area is 125 Å². The van der Waals surface area contributed by atoms with E-state index in [9.17, 15) is 0 Å². The molecule has 0 aliphatic carbocycles. The van der Waals surface area contributed by atoms with Gasteiger partial charge in [0.05, 0.1) is 0 Å². The Morgan fingerprint density at radius 1 is 0.800 bits per heavy atom. The maximum absolute atomic E-state index is 2.62. The van der Waals surface area contributed by atoms with Gasteiger partial charge in [-0.3, -0.25) is 0 Å². The summed E-state index contributed by atoms with van der Waals surface area (Å²) in [6.45, 7) is 10.5. The minimum absolute atomic E-state index is 0. The summed E-state index contributed by atoms with van der Waals surface area (Å²) < 4.78 is 0. The highest BCUT2D eigenvalue weighted by atomic mass is 16.0. The van der Waals surface area contributed by atoms with Crippen LogP contribution in [0.15, 0.2) is 24.3 Å². The van der Waals surface area contributed by atoms with E-state index >= 15 is 0 Å². The van der Waals surface area contributed by atoms with Crippen LogP contribution in [0.3, 0.4) is 0 Å². The number of aryl methyl sites for hydroxylation is 2. The second-order valence-electron chi connectivity index (χ2n) is 5.64. The van der Waals surface area contributed by atoms with Crippen LogP contribution in [0.1, 0.15) is 57.1 Å². The zero-order chi connectivity index (χ0) is 13.9. The molecule has 2 N–H and O–H groups in total. The standard InChI is InChI=1S/C18H31N.H2O/c1-4-14-19(15-5-2)16-8-6-7-9-18-12-10-17(3)11-13-18;/h10-13H,4-9,14-16H2,1-3H3;1H2. The lowest BCUT2D eigenvalue weighted by Crippen LogP contribution is -2.26. The Kier molecular flexibility index (Phi) is 11.4. The van der Waals surface area contributed by atoms with Gasteiger partial charge in [-0.15, -0.1) is 0 Å². The van der Waals surface area contributed by atoms with Gasteiger partial charge in [-0.2, -0.15) is 0 Å². The van der Waals surface area contributed by atoms with Crippen molar-refractivity contribution in [1.82, 2.24) is 4.90 Å². The first kappa shape index (κ1) is 19.1. The van der Waals surface area contributed by atoms with Gasteiger partial charge in [-0.25, -0.2) is 0 Å². The minimum atomic E-state index is 0. The van der Waals surface area contributed by atoms with Gasteiger partial charge >= 0.3 is 0 Å². The summed E-state index contributed by atoms with van der Waals surface area (Å²) in [7, 11) is 0. The van der Waals surface area contributed by atoms with Gasteiger partial charge in [-0.1, -0.05) is 50.1 Å². The number of unbranched alkanes of at least 4 members (excludes halogenated alkanes) is 2. The molecule has 2 heteroatoms. The molecular weight excluding hydrogens is 246 g/mol. The third-order valence-corrected chi connectivity index (χ3v) is 3.64. The molecule has 0 aromatic heterocycles. The maximum atomic E-state index is 2.62. The van der Waals surface area contributed by atoms with Gasteiger partial charge in [0, 0.05) is 0 Å². The van der Waals surface area contributed by atoms with Gasteiger partial charge in [0.25, 0.3) is 0 Å². The molecule has 0 unspecified atom stereocenters. The van der Waals surface area contributed by atoms with Gasteiger partial charge in [-0.05, 0) is 64.2 Å². The van der Waals surface area contributed by atoms with Crippen LogP contribution in [0.2, 0.25) is 0 Å². The summed E-state index contributed by atoms with van der Waals surface area (Å²) in [5.41, 5.74) is 2.85. The summed E-state index contributed by atoms with van der Waals surface area (Å²) in [4.78, 5) is 2.62. The van der Waals surface area contributed by atoms with Crippen molar-refractivity contribution in [2.75, 3.05) is 19.6 Å². The summed E-state index contributed by atoms with van der Waals surface area (Å²) in [5.74, 6) is 0. The monoisotopic (exact) mass is 279 g/mol. The lowest BCUT2D eigenvalue weighted by atomic mass is 10.1. The Hall–Kier alpha value is -0.860. The van der Waals surface area contributed by atoms with Gasteiger partial charge in [0.1, 0.15) is 0 Å². The smallest absolute Gasteiger partial charge is 0.00187 e. The zero-order valence-electron chi connectivity index (χ0n) is 13.6. The summed E-state index contributed by atoms with van der Waals surface area (Å²) >= 11 is 0. The van der Waals surface area contributed by atoms with Crippen LogP contribution in [0, 0.1) is 6.92 Å². The largest absolute Gasteiger partial charge is 0.412 e. The quantitative estimate of drug-likeness (QED) is 0.596. The zero-order valence-corrected chi connectivity index (χ0v) is 13.6. The average molecular weight is 279 g/mol. The van der Waals surface area contributed by atoms with Crippen molar-refractivity contribution in [2.24, 2.45) is 0 Å². The van der Waals surface area contributed by atoms with Crippen molar-refractivity contribution >= 4 is 0 Å². The number of nitrogens with zero attached hydrogens (tertiary/aromatic N) is 1. The first-order valence-corrected chi connectivity index (χ1v) is 8.04. The molecule has 0 aliphatic heterocycles. The van der Waals surface area contributed by atoms with Crippen LogP contribution in [0.25, 0.3) is 0 Å². The topological polar surface area (TPSA) is 34.7 Å². The molecule has 0 fully saturated rings. The molecule has 116 valence electrons. The van der Waals surface area contributed by atoms with Gasteiger partial charge in [0.2, 0.25) is 0 Å². The molecule has 0 bridgehead atoms. The molecule has 0 aliphatic rings. The van der Waals surface area contributed by atoms with Crippen LogP contribution in [-0.4, -0.2) is 30.0 Å². The fourth-order valence-corrected chi connectivity index (χ4v) is 2.56. The van der Waals surface area contributed by atoms with Crippen LogP contribution >= 0.6 is 0 Å².